The predicted octanol–water partition coefficient (Wildman–Crippen LogP) is 6.45. The van der Waals surface area contributed by atoms with E-state index in [1.54, 1.807) is 11.3 Å². The molecular formula is C21H16ClNOS. The van der Waals surface area contributed by atoms with E-state index < -0.39 is 0 Å². The Hall–Kier alpha value is -2.36. The number of rotatable bonds is 3. The highest BCUT2D eigenvalue weighted by Crippen LogP contribution is 2.33. The number of nitrogens with one attached hydrogen (secondary N) is 1. The SMILES string of the molecule is CC(C(=O)Nc1ccc2ccccc2c1)c1csc2ccc(Cl)cc12. The average molecular weight is 366 g/mol. The second-order valence-electron chi connectivity index (χ2n) is 6.10. The molecule has 2 nitrogen and oxygen atoms in total. The zero-order chi connectivity index (χ0) is 17.4. The maximum Gasteiger partial charge on any atom is 0.231 e. The van der Waals surface area contributed by atoms with Gasteiger partial charge >= 0.3 is 0 Å². The number of benzene rings is 3. The number of hydrogen-bond acceptors (Lipinski definition) is 2. The summed E-state index contributed by atoms with van der Waals surface area (Å²) in [6.07, 6.45) is 0. The molecule has 0 saturated heterocycles. The van der Waals surface area contributed by atoms with Crippen molar-refractivity contribution < 1.29 is 4.79 Å². The Labute approximate surface area is 155 Å². The van der Waals surface area contributed by atoms with E-state index in [4.69, 9.17) is 11.6 Å². The molecule has 0 radical (unpaired) electrons. The molecule has 1 amide bonds. The van der Waals surface area contributed by atoms with Gasteiger partial charge in [0.2, 0.25) is 5.91 Å². The number of carbonyl (C=O) groups is 1. The number of halogens is 1. The molecule has 1 unspecified atom stereocenters. The molecule has 1 atom stereocenters. The van der Waals surface area contributed by atoms with Crippen LogP contribution in [0.4, 0.5) is 5.69 Å². The lowest BCUT2D eigenvalue weighted by atomic mass is 9.99. The number of carbonyl (C=O) groups excluding carboxylic acids is 1. The van der Waals surface area contributed by atoms with Gasteiger partial charge in [0.25, 0.3) is 0 Å². The third-order valence-electron chi connectivity index (χ3n) is 4.44. The van der Waals surface area contributed by atoms with Crippen molar-refractivity contribution in [3.05, 3.63) is 76.6 Å². The minimum absolute atomic E-state index is 0.0186. The Kier molecular flexibility index (Phi) is 4.20. The Morgan fingerprint density at radius 3 is 2.68 bits per heavy atom. The minimum atomic E-state index is -0.251. The molecule has 0 aliphatic rings. The number of anilines is 1. The van der Waals surface area contributed by atoms with Crippen LogP contribution in [0.3, 0.4) is 0 Å². The van der Waals surface area contributed by atoms with E-state index >= 15 is 0 Å². The van der Waals surface area contributed by atoms with E-state index in [2.05, 4.69) is 11.4 Å². The zero-order valence-electron chi connectivity index (χ0n) is 13.6. The van der Waals surface area contributed by atoms with Crippen molar-refractivity contribution in [2.24, 2.45) is 0 Å². The largest absolute Gasteiger partial charge is 0.326 e. The summed E-state index contributed by atoms with van der Waals surface area (Å²) in [7, 11) is 0. The lowest BCUT2D eigenvalue weighted by Crippen LogP contribution is -2.18. The van der Waals surface area contributed by atoms with E-state index in [0.29, 0.717) is 5.02 Å². The third-order valence-corrected chi connectivity index (χ3v) is 5.66. The van der Waals surface area contributed by atoms with Gasteiger partial charge in [-0.15, -0.1) is 11.3 Å². The van der Waals surface area contributed by atoms with Crippen LogP contribution >= 0.6 is 22.9 Å². The van der Waals surface area contributed by atoms with E-state index in [-0.39, 0.29) is 11.8 Å². The van der Waals surface area contributed by atoms with Gasteiger partial charge in [-0.3, -0.25) is 4.79 Å². The van der Waals surface area contributed by atoms with Gasteiger partial charge in [0.1, 0.15) is 0 Å². The van der Waals surface area contributed by atoms with Crippen LogP contribution in [0.5, 0.6) is 0 Å². The summed E-state index contributed by atoms with van der Waals surface area (Å²) in [5.74, 6) is -0.270. The average Bonchev–Trinajstić information content (AvgIpc) is 3.04. The van der Waals surface area contributed by atoms with E-state index in [1.165, 1.54) is 0 Å². The lowest BCUT2D eigenvalue weighted by molar-refractivity contribution is -0.117. The molecule has 4 heteroatoms. The van der Waals surface area contributed by atoms with Gasteiger partial charge in [-0.25, -0.2) is 0 Å². The van der Waals surface area contributed by atoms with Crippen LogP contribution in [0, 0.1) is 0 Å². The summed E-state index contributed by atoms with van der Waals surface area (Å²) < 4.78 is 1.14. The van der Waals surface area contributed by atoms with Gasteiger partial charge < -0.3 is 5.32 Å². The molecule has 1 aromatic heterocycles. The lowest BCUT2D eigenvalue weighted by Gasteiger charge is -2.12. The van der Waals surface area contributed by atoms with Crippen molar-refractivity contribution in [2.75, 3.05) is 5.32 Å². The predicted molar refractivity (Wildman–Crippen MR) is 108 cm³/mol. The molecule has 1 heterocycles. The summed E-state index contributed by atoms with van der Waals surface area (Å²) in [6, 6.07) is 19.9. The first-order chi connectivity index (χ1) is 12.1. The molecule has 1 N–H and O–H groups in total. The standard InChI is InChI=1S/C21H16ClNOS/c1-13(19-12-25-20-9-7-16(22)11-18(19)20)21(24)23-17-8-6-14-4-2-3-5-15(14)10-17/h2-13H,1H3,(H,23,24). The minimum Gasteiger partial charge on any atom is -0.326 e. The fraction of sp³-hybridized carbons (Fsp3) is 0.0952. The van der Waals surface area contributed by atoms with Gasteiger partial charge in [-0.2, -0.15) is 0 Å². The maximum atomic E-state index is 12.7. The smallest absolute Gasteiger partial charge is 0.231 e. The molecule has 0 aliphatic heterocycles. The van der Waals surface area contributed by atoms with Crippen LogP contribution in [0.25, 0.3) is 20.9 Å². The Balaban J connectivity index is 1.61. The van der Waals surface area contributed by atoms with E-state index in [0.717, 1.165) is 32.1 Å². The molecule has 4 aromatic rings. The summed E-state index contributed by atoms with van der Waals surface area (Å²) in [6.45, 7) is 1.93. The van der Waals surface area contributed by atoms with Crippen molar-refractivity contribution in [1.29, 1.82) is 0 Å². The fourth-order valence-electron chi connectivity index (χ4n) is 3.02. The fourth-order valence-corrected chi connectivity index (χ4v) is 4.22. The first-order valence-electron chi connectivity index (χ1n) is 8.08. The van der Waals surface area contributed by atoms with Gasteiger partial charge in [0.15, 0.2) is 0 Å². The Morgan fingerprint density at radius 2 is 1.84 bits per heavy atom. The highest BCUT2D eigenvalue weighted by atomic mass is 35.5. The normalized spacial score (nSPS) is 12.4. The molecule has 0 fully saturated rings. The number of fused-ring (bicyclic) bond motifs is 2. The van der Waals surface area contributed by atoms with E-state index in [9.17, 15) is 4.79 Å². The zero-order valence-corrected chi connectivity index (χ0v) is 15.2. The molecule has 3 aromatic carbocycles. The molecule has 0 saturated carbocycles. The quantitative estimate of drug-likeness (QED) is 0.444. The summed E-state index contributed by atoms with van der Waals surface area (Å²) in [4.78, 5) is 12.7. The van der Waals surface area contributed by atoms with Crippen molar-refractivity contribution in [3.8, 4) is 0 Å². The number of hydrogen-bond donors (Lipinski definition) is 1. The molecule has 0 spiro atoms. The molecule has 0 bridgehead atoms. The summed E-state index contributed by atoms with van der Waals surface area (Å²) >= 11 is 7.76. The Bertz CT molecular complexity index is 1090. The topological polar surface area (TPSA) is 29.1 Å². The van der Waals surface area contributed by atoms with Crippen LogP contribution in [0.1, 0.15) is 18.4 Å². The second-order valence-corrected chi connectivity index (χ2v) is 7.45. The molecule has 4 rings (SSSR count). The van der Waals surface area contributed by atoms with Crippen LogP contribution in [0.15, 0.2) is 66.0 Å². The monoisotopic (exact) mass is 365 g/mol. The highest BCUT2D eigenvalue weighted by Gasteiger charge is 2.19. The summed E-state index contributed by atoms with van der Waals surface area (Å²) in [5, 5.41) is 9.10. The van der Waals surface area contributed by atoms with Gasteiger partial charge in [0.05, 0.1) is 5.92 Å². The highest BCUT2D eigenvalue weighted by molar-refractivity contribution is 7.17. The first-order valence-corrected chi connectivity index (χ1v) is 9.34. The van der Waals surface area contributed by atoms with Crippen LogP contribution in [-0.2, 0) is 4.79 Å². The van der Waals surface area contributed by atoms with Crippen molar-refractivity contribution in [3.63, 3.8) is 0 Å². The van der Waals surface area contributed by atoms with Gasteiger partial charge in [-0.05, 0) is 64.4 Å². The van der Waals surface area contributed by atoms with Gasteiger partial charge in [-0.1, -0.05) is 41.9 Å². The number of amides is 1. The molecule has 25 heavy (non-hydrogen) atoms. The summed E-state index contributed by atoms with van der Waals surface area (Å²) in [5.41, 5.74) is 1.83. The van der Waals surface area contributed by atoms with Crippen molar-refractivity contribution in [1.82, 2.24) is 0 Å². The number of thiophene rings is 1. The van der Waals surface area contributed by atoms with E-state index in [1.807, 2.05) is 66.9 Å². The Morgan fingerprint density at radius 1 is 1.04 bits per heavy atom. The van der Waals surface area contributed by atoms with Gasteiger partial charge in [0, 0.05) is 15.4 Å². The van der Waals surface area contributed by atoms with Crippen molar-refractivity contribution in [2.45, 2.75) is 12.8 Å². The van der Waals surface area contributed by atoms with Crippen LogP contribution in [-0.4, -0.2) is 5.91 Å². The molecule has 124 valence electrons. The third kappa shape index (κ3) is 3.13. The van der Waals surface area contributed by atoms with Crippen LogP contribution in [0.2, 0.25) is 5.02 Å². The maximum absolute atomic E-state index is 12.7. The molecular weight excluding hydrogens is 350 g/mol. The first kappa shape index (κ1) is 16.1. The second kappa shape index (κ2) is 6.51. The van der Waals surface area contributed by atoms with Crippen molar-refractivity contribution >= 4 is 55.4 Å². The molecule has 0 aliphatic carbocycles. The van der Waals surface area contributed by atoms with Crippen LogP contribution < -0.4 is 5.32 Å².